The summed E-state index contributed by atoms with van der Waals surface area (Å²) in [5, 5.41) is 26.0. The molecule has 1 aromatic heterocycles. The van der Waals surface area contributed by atoms with E-state index in [0.29, 0.717) is 12.1 Å². The van der Waals surface area contributed by atoms with Crippen LogP contribution in [0, 0.1) is 10.1 Å². The summed E-state index contributed by atoms with van der Waals surface area (Å²) in [4.78, 5) is 10.0. The van der Waals surface area contributed by atoms with Gasteiger partial charge in [0.1, 0.15) is 12.4 Å². The lowest BCUT2D eigenvalue weighted by Crippen LogP contribution is -2.13. The monoisotopic (exact) mass is 261 g/mol. The molecule has 2 aromatic rings. The maximum atomic E-state index is 10.5. The largest absolute Gasteiger partial charge is 0.409 e. The topological polar surface area (TPSA) is 120 Å². The van der Waals surface area contributed by atoms with Crippen LogP contribution in [0.1, 0.15) is 11.1 Å². The van der Waals surface area contributed by atoms with Crippen molar-refractivity contribution in [1.82, 2.24) is 9.78 Å². The molecule has 3 N–H and O–H groups in total. The molecular formula is C11H11N5O3. The molecule has 0 atom stereocenters. The van der Waals surface area contributed by atoms with Crippen LogP contribution in [0.3, 0.4) is 0 Å². The van der Waals surface area contributed by atoms with Crippen molar-refractivity contribution in [3.05, 3.63) is 57.9 Å². The first kappa shape index (κ1) is 12.6. The molecule has 0 unspecified atom stereocenters. The highest BCUT2D eigenvalue weighted by Crippen LogP contribution is 2.11. The maximum Gasteiger partial charge on any atom is 0.307 e. The molecule has 98 valence electrons. The summed E-state index contributed by atoms with van der Waals surface area (Å²) in [5.41, 5.74) is 6.83. The molecule has 0 aliphatic carbocycles. The Kier molecular flexibility index (Phi) is 3.42. The molecule has 19 heavy (non-hydrogen) atoms. The Labute approximate surface area is 107 Å². The first-order chi connectivity index (χ1) is 9.10. The van der Waals surface area contributed by atoms with E-state index >= 15 is 0 Å². The highest BCUT2D eigenvalue weighted by Gasteiger charge is 2.09. The minimum absolute atomic E-state index is 0.00768. The average Bonchev–Trinajstić information content (AvgIpc) is 2.87. The SMILES string of the molecule is N/C(=N/O)c1cccc(Cn2cc([N+](=O)[O-])cn2)c1. The van der Waals surface area contributed by atoms with Gasteiger partial charge >= 0.3 is 5.69 Å². The lowest BCUT2D eigenvalue weighted by molar-refractivity contribution is -0.385. The minimum atomic E-state index is -0.504. The van der Waals surface area contributed by atoms with Crippen molar-refractivity contribution < 1.29 is 10.1 Å². The molecule has 0 saturated heterocycles. The summed E-state index contributed by atoms with van der Waals surface area (Å²) in [7, 11) is 0. The van der Waals surface area contributed by atoms with Gasteiger partial charge in [-0.25, -0.2) is 0 Å². The van der Waals surface area contributed by atoms with Crippen LogP contribution in [0.2, 0.25) is 0 Å². The third kappa shape index (κ3) is 2.86. The van der Waals surface area contributed by atoms with Crippen LogP contribution in [-0.2, 0) is 6.54 Å². The number of hydrogen-bond donors (Lipinski definition) is 2. The minimum Gasteiger partial charge on any atom is -0.409 e. The second-order valence-corrected chi connectivity index (χ2v) is 3.84. The molecule has 0 bridgehead atoms. The fraction of sp³-hybridized carbons (Fsp3) is 0.0909. The predicted octanol–water partition coefficient (Wildman–Crippen LogP) is 0.934. The third-order valence-electron chi connectivity index (χ3n) is 2.51. The van der Waals surface area contributed by atoms with Gasteiger partial charge in [-0.3, -0.25) is 14.8 Å². The zero-order valence-electron chi connectivity index (χ0n) is 9.80. The molecule has 1 heterocycles. The molecule has 0 aliphatic rings. The van der Waals surface area contributed by atoms with E-state index in [4.69, 9.17) is 10.9 Å². The van der Waals surface area contributed by atoms with Gasteiger partial charge < -0.3 is 10.9 Å². The van der Waals surface area contributed by atoms with Gasteiger partial charge in [-0.1, -0.05) is 23.4 Å². The average molecular weight is 261 g/mol. The third-order valence-corrected chi connectivity index (χ3v) is 2.51. The van der Waals surface area contributed by atoms with Gasteiger partial charge in [0.2, 0.25) is 0 Å². The first-order valence-corrected chi connectivity index (χ1v) is 5.34. The van der Waals surface area contributed by atoms with Crippen molar-refractivity contribution >= 4 is 11.5 Å². The molecule has 0 aliphatic heterocycles. The van der Waals surface area contributed by atoms with Crippen molar-refractivity contribution in [2.24, 2.45) is 10.9 Å². The zero-order chi connectivity index (χ0) is 13.8. The molecule has 1 aromatic carbocycles. The Hall–Kier alpha value is -2.90. The highest BCUT2D eigenvalue weighted by molar-refractivity contribution is 5.97. The smallest absolute Gasteiger partial charge is 0.307 e. The van der Waals surface area contributed by atoms with E-state index in [1.54, 1.807) is 18.2 Å². The van der Waals surface area contributed by atoms with Gasteiger partial charge in [-0.05, 0) is 11.6 Å². The number of amidine groups is 1. The Balaban J connectivity index is 2.21. The number of nitro groups is 1. The number of hydrogen-bond acceptors (Lipinski definition) is 5. The van der Waals surface area contributed by atoms with E-state index < -0.39 is 4.92 Å². The lowest BCUT2D eigenvalue weighted by Gasteiger charge is -2.04. The van der Waals surface area contributed by atoms with E-state index in [1.807, 2.05) is 6.07 Å². The van der Waals surface area contributed by atoms with Crippen molar-refractivity contribution in [3.63, 3.8) is 0 Å². The van der Waals surface area contributed by atoms with Gasteiger partial charge in [0.05, 0.1) is 11.5 Å². The van der Waals surface area contributed by atoms with Crippen LogP contribution >= 0.6 is 0 Å². The number of nitrogens with zero attached hydrogens (tertiary/aromatic N) is 4. The Morgan fingerprint density at radius 2 is 2.37 bits per heavy atom. The van der Waals surface area contributed by atoms with Crippen LogP contribution in [-0.4, -0.2) is 25.7 Å². The van der Waals surface area contributed by atoms with Crippen LogP contribution in [0.25, 0.3) is 0 Å². The van der Waals surface area contributed by atoms with Crippen LogP contribution < -0.4 is 5.73 Å². The Bertz CT molecular complexity index is 635. The van der Waals surface area contributed by atoms with E-state index in [0.717, 1.165) is 5.56 Å². The van der Waals surface area contributed by atoms with Crippen LogP contribution in [0.15, 0.2) is 41.8 Å². The molecule has 8 heteroatoms. The quantitative estimate of drug-likeness (QED) is 0.279. The van der Waals surface area contributed by atoms with Crippen molar-refractivity contribution in [2.75, 3.05) is 0 Å². The molecular weight excluding hydrogens is 250 g/mol. The van der Waals surface area contributed by atoms with Gasteiger partial charge in [-0.15, -0.1) is 0 Å². The fourth-order valence-corrected chi connectivity index (χ4v) is 1.61. The maximum absolute atomic E-state index is 10.5. The fourth-order valence-electron chi connectivity index (χ4n) is 1.61. The molecule has 2 rings (SSSR count). The summed E-state index contributed by atoms with van der Waals surface area (Å²) in [6.45, 7) is 0.361. The van der Waals surface area contributed by atoms with Gasteiger partial charge in [0.25, 0.3) is 0 Å². The predicted molar refractivity (Wildman–Crippen MR) is 66.9 cm³/mol. The summed E-state index contributed by atoms with van der Waals surface area (Å²) < 4.78 is 1.45. The molecule has 0 fully saturated rings. The van der Waals surface area contributed by atoms with Crippen LogP contribution in [0.5, 0.6) is 0 Å². The highest BCUT2D eigenvalue weighted by atomic mass is 16.6. The van der Waals surface area contributed by atoms with E-state index in [1.165, 1.54) is 17.1 Å². The molecule has 0 saturated carbocycles. The molecule has 0 spiro atoms. The molecule has 8 nitrogen and oxygen atoms in total. The van der Waals surface area contributed by atoms with Crippen LogP contribution in [0.4, 0.5) is 5.69 Å². The second kappa shape index (κ2) is 5.17. The van der Waals surface area contributed by atoms with Crippen molar-refractivity contribution in [3.8, 4) is 0 Å². The Morgan fingerprint density at radius 1 is 1.58 bits per heavy atom. The number of oxime groups is 1. The number of aromatic nitrogens is 2. The van der Waals surface area contributed by atoms with Gasteiger partial charge in [0, 0.05) is 5.56 Å². The first-order valence-electron chi connectivity index (χ1n) is 5.34. The second-order valence-electron chi connectivity index (χ2n) is 3.84. The Morgan fingerprint density at radius 3 is 3.00 bits per heavy atom. The van der Waals surface area contributed by atoms with Crippen molar-refractivity contribution in [2.45, 2.75) is 6.54 Å². The van der Waals surface area contributed by atoms with Crippen molar-refractivity contribution in [1.29, 1.82) is 0 Å². The van der Waals surface area contributed by atoms with E-state index in [2.05, 4.69) is 10.3 Å². The van der Waals surface area contributed by atoms with E-state index in [9.17, 15) is 10.1 Å². The number of rotatable bonds is 4. The molecule has 0 radical (unpaired) electrons. The summed E-state index contributed by atoms with van der Waals surface area (Å²) in [6, 6.07) is 6.99. The molecule has 0 amide bonds. The summed E-state index contributed by atoms with van der Waals surface area (Å²) in [6.07, 6.45) is 2.53. The zero-order valence-corrected chi connectivity index (χ0v) is 9.80. The normalized spacial score (nSPS) is 11.5. The standard InChI is InChI=1S/C11H11N5O3/c12-11(14-17)9-3-1-2-8(4-9)6-15-7-10(5-13-15)16(18)19/h1-5,7,17H,6H2,(H2,12,14). The lowest BCUT2D eigenvalue weighted by atomic mass is 10.1. The number of benzene rings is 1. The van der Waals surface area contributed by atoms with Gasteiger partial charge in [-0.2, -0.15) is 5.10 Å². The summed E-state index contributed by atoms with van der Waals surface area (Å²) in [5.74, 6) is 0.00768. The number of nitrogens with two attached hydrogens (primary N) is 1. The summed E-state index contributed by atoms with van der Waals surface area (Å²) >= 11 is 0. The van der Waals surface area contributed by atoms with E-state index in [-0.39, 0.29) is 11.5 Å². The van der Waals surface area contributed by atoms with Gasteiger partial charge in [0.15, 0.2) is 5.84 Å².